The summed E-state index contributed by atoms with van der Waals surface area (Å²) in [4.78, 5) is 0. The van der Waals surface area contributed by atoms with Crippen molar-refractivity contribution in [1.29, 1.82) is 0 Å². The molecule has 5 rings (SSSR count). The molecule has 0 aromatic heterocycles. The van der Waals surface area contributed by atoms with Crippen molar-refractivity contribution in [1.82, 2.24) is 0 Å². The fraction of sp³-hybridized carbons (Fsp3) is 0.250. The predicted octanol–water partition coefficient (Wildman–Crippen LogP) is 10.0. The average Bonchev–Trinajstić information content (AvgIpc) is 3.12. The van der Waals surface area contributed by atoms with E-state index in [-0.39, 0.29) is 16.9 Å². The van der Waals surface area contributed by atoms with Crippen LogP contribution in [0.2, 0.25) is 0 Å². The number of phenolic OH excluding ortho intramolecular Hbond substituents is 4. The second-order valence-corrected chi connectivity index (χ2v) is 13.8. The van der Waals surface area contributed by atoms with Crippen LogP contribution in [-0.4, -0.2) is 52.2 Å². The molecule has 21 heteroatoms. The number of anilines is 4. The lowest BCUT2D eigenvalue weighted by Crippen LogP contribution is -2.54. The molecule has 0 heterocycles. The van der Waals surface area contributed by atoms with E-state index in [1.807, 2.05) is 0 Å². The molecule has 0 aliphatic carbocycles. The Bertz CT molecular complexity index is 2400. The number of benzene rings is 5. The number of ether oxygens (including phenoxy) is 1. The zero-order valence-corrected chi connectivity index (χ0v) is 31.4. The van der Waals surface area contributed by atoms with Gasteiger partial charge in [0.25, 0.3) is 0 Å². The van der Waals surface area contributed by atoms with Crippen molar-refractivity contribution in [3.8, 4) is 28.7 Å². The Labute approximate surface area is 337 Å². The standard InChI is InChI=1S/C40H34F12N4O5/c1-19-11-20(17-55-28-15-24(4-8-31(28)58)35(37(41,42)43,38(44,45)46)22-3-7-30(57)26(53)13-22)34(60)21(12-19)18-56-29-16-25(5-9-32(29)59)36(39(47,48)49,40(50,51)52)23-6-10-33(61-2)27(54)14-23/h3-16,55-60H,17-18,53-54H2,1-2H3. The van der Waals surface area contributed by atoms with E-state index in [9.17, 15) is 73.1 Å². The van der Waals surface area contributed by atoms with Gasteiger partial charge in [0.15, 0.2) is 0 Å². The first-order chi connectivity index (χ1) is 28.1. The Morgan fingerprint density at radius 2 is 0.836 bits per heavy atom. The summed E-state index contributed by atoms with van der Waals surface area (Å²) < 4.78 is 182. The molecule has 0 saturated carbocycles. The maximum Gasteiger partial charge on any atom is 0.411 e. The van der Waals surface area contributed by atoms with Gasteiger partial charge in [-0.2, -0.15) is 52.7 Å². The van der Waals surface area contributed by atoms with Crippen molar-refractivity contribution < 1.29 is 77.8 Å². The third-order valence-electron chi connectivity index (χ3n) is 10.0. The number of nitrogens with two attached hydrogens (primary N) is 2. The maximum absolute atomic E-state index is 14.8. The number of aryl methyl sites for hydroxylation is 1. The Hall–Kier alpha value is -6.54. The second kappa shape index (κ2) is 15.8. The monoisotopic (exact) mass is 878 g/mol. The summed E-state index contributed by atoms with van der Waals surface area (Å²) in [6, 6.07) is 8.50. The van der Waals surface area contributed by atoms with Crippen LogP contribution in [0.3, 0.4) is 0 Å². The molecular weight excluding hydrogens is 844 g/mol. The fourth-order valence-corrected chi connectivity index (χ4v) is 7.13. The van der Waals surface area contributed by atoms with Crippen LogP contribution < -0.4 is 26.8 Å². The van der Waals surface area contributed by atoms with Crippen molar-refractivity contribution in [2.45, 2.75) is 55.5 Å². The molecule has 0 radical (unpaired) electrons. The first-order valence-corrected chi connectivity index (χ1v) is 17.4. The average molecular weight is 879 g/mol. The lowest BCUT2D eigenvalue weighted by atomic mass is 9.72. The van der Waals surface area contributed by atoms with Gasteiger partial charge in [-0.1, -0.05) is 42.0 Å². The van der Waals surface area contributed by atoms with Crippen molar-refractivity contribution in [2.24, 2.45) is 0 Å². The lowest BCUT2D eigenvalue weighted by molar-refractivity contribution is -0.290. The Morgan fingerprint density at radius 1 is 0.492 bits per heavy atom. The molecule has 0 unspecified atom stereocenters. The molecule has 0 fully saturated rings. The molecule has 0 spiro atoms. The van der Waals surface area contributed by atoms with Gasteiger partial charge >= 0.3 is 24.7 Å². The number of rotatable bonds is 11. The molecule has 0 saturated heterocycles. The highest BCUT2D eigenvalue weighted by atomic mass is 19.4. The summed E-state index contributed by atoms with van der Waals surface area (Å²) in [5.74, 6) is -3.21. The number of methoxy groups -OCH3 is 1. The molecule has 0 aliphatic rings. The van der Waals surface area contributed by atoms with Crippen LogP contribution in [0.1, 0.15) is 38.9 Å². The summed E-state index contributed by atoms with van der Waals surface area (Å²) >= 11 is 0. The van der Waals surface area contributed by atoms with Crippen LogP contribution in [0.5, 0.6) is 28.7 Å². The summed E-state index contributed by atoms with van der Waals surface area (Å²) in [5, 5.41) is 46.9. The van der Waals surface area contributed by atoms with Crippen molar-refractivity contribution in [3.63, 3.8) is 0 Å². The van der Waals surface area contributed by atoms with Gasteiger partial charge in [-0.25, -0.2) is 0 Å². The zero-order valence-electron chi connectivity index (χ0n) is 31.4. The lowest BCUT2D eigenvalue weighted by Gasteiger charge is -2.38. The van der Waals surface area contributed by atoms with E-state index in [1.54, 1.807) is 0 Å². The molecule has 0 bridgehead atoms. The molecule has 0 amide bonds. The number of hydrogen-bond donors (Lipinski definition) is 8. The molecule has 0 atom stereocenters. The van der Waals surface area contributed by atoms with Crippen LogP contribution in [-0.2, 0) is 23.9 Å². The van der Waals surface area contributed by atoms with Gasteiger partial charge < -0.3 is 47.3 Å². The molecule has 10 N–H and O–H groups in total. The third-order valence-corrected chi connectivity index (χ3v) is 10.0. The Kier molecular flexibility index (Phi) is 11.8. The van der Waals surface area contributed by atoms with E-state index < -0.39 is 117 Å². The van der Waals surface area contributed by atoms with Crippen molar-refractivity contribution in [2.75, 3.05) is 29.2 Å². The number of phenols is 4. The number of aromatic hydroxyl groups is 4. The van der Waals surface area contributed by atoms with Gasteiger partial charge in [0.1, 0.15) is 28.7 Å². The van der Waals surface area contributed by atoms with E-state index in [4.69, 9.17) is 16.2 Å². The molecule has 5 aromatic carbocycles. The second-order valence-electron chi connectivity index (χ2n) is 13.8. The Morgan fingerprint density at radius 3 is 1.18 bits per heavy atom. The molecule has 9 nitrogen and oxygen atoms in total. The molecule has 328 valence electrons. The van der Waals surface area contributed by atoms with Crippen LogP contribution in [0, 0.1) is 6.92 Å². The van der Waals surface area contributed by atoms with Gasteiger partial charge in [0, 0.05) is 24.2 Å². The maximum atomic E-state index is 14.8. The van der Waals surface area contributed by atoms with Crippen LogP contribution in [0.25, 0.3) is 0 Å². The third kappa shape index (κ3) is 7.95. The Balaban J connectivity index is 1.50. The molecular formula is C40H34F12N4O5. The minimum atomic E-state index is -6.07. The number of alkyl halides is 12. The number of halogens is 12. The molecule has 5 aromatic rings. The van der Waals surface area contributed by atoms with Gasteiger partial charge in [0.2, 0.25) is 10.8 Å². The highest BCUT2D eigenvalue weighted by Gasteiger charge is 2.74. The zero-order chi connectivity index (χ0) is 45.7. The summed E-state index contributed by atoms with van der Waals surface area (Å²) in [6.07, 6.45) is -24.2. The van der Waals surface area contributed by atoms with Crippen LogP contribution in [0.4, 0.5) is 75.4 Å². The van der Waals surface area contributed by atoms with Crippen LogP contribution >= 0.6 is 0 Å². The SMILES string of the molecule is COc1ccc(C(c2ccc(O)c(NCc3cc(C)cc(CNc4cc(C(c5ccc(O)c(N)c5)(C(F)(F)F)C(F)(F)F)ccc4O)c3O)c2)(C(F)(F)F)C(F)(F)F)cc1N. The van der Waals surface area contributed by atoms with E-state index >= 15 is 0 Å². The van der Waals surface area contributed by atoms with Gasteiger partial charge in [-0.15, -0.1) is 0 Å². The van der Waals surface area contributed by atoms with E-state index in [2.05, 4.69) is 10.6 Å². The largest absolute Gasteiger partial charge is 0.507 e. The topological polar surface area (TPSA) is 166 Å². The number of nitrogen functional groups attached to an aromatic ring is 2. The first-order valence-electron chi connectivity index (χ1n) is 17.4. The van der Waals surface area contributed by atoms with Gasteiger partial charge in [0.05, 0.1) is 29.9 Å². The summed E-state index contributed by atoms with van der Waals surface area (Å²) in [7, 11) is 1.10. The fourth-order valence-electron chi connectivity index (χ4n) is 7.13. The smallest absolute Gasteiger partial charge is 0.411 e. The van der Waals surface area contributed by atoms with E-state index in [0.717, 1.165) is 13.2 Å². The highest BCUT2D eigenvalue weighted by molar-refractivity contribution is 5.65. The summed E-state index contributed by atoms with van der Waals surface area (Å²) in [5.41, 5.74) is -6.23. The quantitative estimate of drug-likeness (QED) is 0.0366. The minimum absolute atomic E-state index is 0.0847. The predicted molar refractivity (Wildman–Crippen MR) is 199 cm³/mol. The molecule has 0 aliphatic heterocycles. The first kappa shape index (κ1) is 45.5. The van der Waals surface area contributed by atoms with Crippen molar-refractivity contribution >= 4 is 22.7 Å². The minimum Gasteiger partial charge on any atom is -0.507 e. The number of hydrogen-bond acceptors (Lipinski definition) is 9. The normalized spacial score (nSPS) is 13.0. The number of nitrogens with one attached hydrogen (secondary N) is 2. The van der Waals surface area contributed by atoms with E-state index in [1.165, 1.54) is 19.1 Å². The van der Waals surface area contributed by atoms with Crippen LogP contribution in [0.15, 0.2) is 84.9 Å². The highest BCUT2D eigenvalue weighted by Crippen LogP contribution is 2.59. The van der Waals surface area contributed by atoms with Gasteiger partial charge in [-0.05, 0) is 77.7 Å². The van der Waals surface area contributed by atoms with Crippen molar-refractivity contribution in [3.05, 3.63) is 124 Å². The molecule has 61 heavy (non-hydrogen) atoms. The van der Waals surface area contributed by atoms with E-state index in [0.29, 0.717) is 72.3 Å². The van der Waals surface area contributed by atoms with Gasteiger partial charge in [-0.3, -0.25) is 0 Å². The summed E-state index contributed by atoms with van der Waals surface area (Å²) in [6.45, 7) is 0.322.